The van der Waals surface area contributed by atoms with E-state index in [2.05, 4.69) is 80.2 Å². The summed E-state index contributed by atoms with van der Waals surface area (Å²) >= 11 is 1.86. The summed E-state index contributed by atoms with van der Waals surface area (Å²) < 4.78 is 0. The maximum Gasteiger partial charge on any atom is 0.0200 e. The van der Waals surface area contributed by atoms with Gasteiger partial charge in [0, 0.05) is 9.79 Å². The molecule has 0 spiro atoms. The monoisotopic (exact) mass is 314 g/mol. The predicted molar refractivity (Wildman–Crippen MR) is 99.9 cm³/mol. The van der Waals surface area contributed by atoms with Crippen molar-refractivity contribution in [2.45, 2.75) is 23.1 Å². The first-order chi connectivity index (χ1) is 11.2. The van der Waals surface area contributed by atoms with Gasteiger partial charge in [-0.15, -0.1) is 0 Å². The SMILES string of the molecule is C=C1Cc2cc(-c3ccccc3)ccc2Sc2cc(C)ccc21. The molecule has 0 fully saturated rings. The molecular formula is C22H18S. The lowest BCUT2D eigenvalue weighted by molar-refractivity contribution is 1.20. The molecule has 1 aliphatic heterocycles. The van der Waals surface area contributed by atoms with Crippen molar-refractivity contribution in [2.75, 3.05) is 0 Å². The zero-order valence-corrected chi connectivity index (χ0v) is 14.0. The van der Waals surface area contributed by atoms with Gasteiger partial charge in [0.2, 0.25) is 0 Å². The third kappa shape index (κ3) is 2.73. The Morgan fingerprint density at radius 3 is 2.48 bits per heavy atom. The molecule has 3 aromatic rings. The predicted octanol–water partition coefficient (Wildman–Crippen LogP) is 6.38. The summed E-state index contributed by atoms with van der Waals surface area (Å²) in [5.41, 5.74) is 7.71. The van der Waals surface area contributed by atoms with Crippen molar-refractivity contribution in [3.05, 3.63) is 90.0 Å². The minimum absolute atomic E-state index is 0.916. The standard InChI is InChI=1S/C22H18S/c1-15-8-10-20-16(2)13-19-14-18(17-6-4-3-5-7-17)9-11-21(19)23-22(20)12-15/h3-12,14H,2,13H2,1H3. The number of benzene rings is 3. The third-order valence-corrected chi connectivity index (χ3v) is 5.49. The number of hydrogen-bond acceptors (Lipinski definition) is 1. The molecule has 4 rings (SSSR count). The highest BCUT2D eigenvalue weighted by Crippen LogP contribution is 2.42. The maximum absolute atomic E-state index is 4.33. The Bertz CT molecular complexity index is 891. The summed E-state index contributed by atoms with van der Waals surface area (Å²) in [7, 11) is 0. The molecule has 112 valence electrons. The Labute approximate surface area is 141 Å². The maximum atomic E-state index is 4.33. The van der Waals surface area contributed by atoms with Gasteiger partial charge in [-0.05, 0) is 64.9 Å². The molecule has 0 atom stereocenters. The topological polar surface area (TPSA) is 0 Å². The summed E-state index contributed by atoms with van der Waals surface area (Å²) in [5, 5.41) is 0. The van der Waals surface area contributed by atoms with Crippen molar-refractivity contribution in [1.82, 2.24) is 0 Å². The van der Waals surface area contributed by atoms with Crippen LogP contribution in [0.5, 0.6) is 0 Å². The van der Waals surface area contributed by atoms with E-state index in [0.717, 1.165) is 6.42 Å². The Morgan fingerprint density at radius 2 is 1.65 bits per heavy atom. The highest BCUT2D eigenvalue weighted by molar-refractivity contribution is 7.99. The second-order valence-electron chi connectivity index (χ2n) is 6.07. The number of allylic oxidation sites excluding steroid dienone is 1. The fourth-order valence-electron chi connectivity index (χ4n) is 3.08. The van der Waals surface area contributed by atoms with E-state index in [0.29, 0.717) is 0 Å². The minimum Gasteiger partial charge on any atom is -0.0949 e. The average molecular weight is 314 g/mol. The highest BCUT2D eigenvalue weighted by Gasteiger charge is 2.17. The molecule has 0 nitrogen and oxygen atoms in total. The van der Waals surface area contributed by atoms with Gasteiger partial charge in [0.1, 0.15) is 0 Å². The van der Waals surface area contributed by atoms with Gasteiger partial charge in [-0.3, -0.25) is 0 Å². The minimum atomic E-state index is 0.916. The molecule has 0 saturated heterocycles. The van der Waals surface area contributed by atoms with Crippen LogP contribution in [-0.4, -0.2) is 0 Å². The second-order valence-corrected chi connectivity index (χ2v) is 7.15. The van der Waals surface area contributed by atoms with Crippen LogP contribution in [0.4, 0.5) is 0 Å². The van der Waals surface area contributed by atoms with E-state index in [-0.39, 0.29) is 0 Å². The zero-order chi connectivity index (χ0) is 15.8. The van der Waals surface area contributed by atoms with Crippen molar-refractivity contribution in [2.24, 2.45) is 0 Å². The van der Waals surface area contributed by atoms with Gasteiger partial charge in [-0.2, -0.15) is 0 Å². The summed E-state index contributed by atoms with van der Waals surface area (Å²) in [4.78, 5) is 2.66. The van der Waals surface area contributed by atoms with Crippen LogP contribution >= 0.6 is 11.8 Å². The first-order valence-corrected chi connectivity index (χ1v) is 8.67. The summed E-state index contributed by atoms with van der Waals surface area (Å²) in [5.74, 6) is 0. The molecule has 3 aromatic carbocycles. The van der Waals surface area contributed by atoms with Crippen LogP contribution < -0.4 is 0 Å². The molecule has 0 aliphatic carbocycles. The zero-order valence-electron chi connectivity index (χ0n) is 13.2. The van der Waals surface area contributed by atoms with E-state index in [1.54, 1.807) is 0 Å². The first-order valence-electron chi connectivity index (χ1n) is 7.86. The molecule has 0 amide bonds. The summed E-state index contributed by atoms with van der Waals surface area (Å²) in [6.45, 7) is 6.48. The van der Waals surface area contributed by atoms with Crippen molar-refractivity contribution < 1.29 is 0 Å². The number of hydrogen-bond donors (Lipinski definition) is 0. The Hall–Kier alpha value is -2.25. The van der Waals surface area contributed by atoms with Gasteiger partial charge < -0.3 is 0 Å². The van der Waals surface area contributed by atoms with Gasteiger partial charge in [0.25, 0.3) is 0 Å². The molecule has 23 heavy (non-hydrogen) atoms. The Morgan fingerprint density at radius 1 is 0.826 bits per heavy atom. The van der Waals surface area contributed by atoms with E-state index < -0.39 is 0 Å². The molecule has 0 aromatic heterocycles. The van der Waals surface area contributed by atoms with Crippen molar-refractivity contribution in [1.29, 1.82) is 0 Å². The van der Waals surface area contributed by atoms with Crippen LogP contribution in [0.25, 0.3) is 16.7 Å². The number of fused-ring (bicyclic) bond motifs is 2. The van der Waals surface area contributed by atoms with Gasteiger partial charge in [-0.25, -0.2) is 0 Å². The van der Waals surface area contributed by atoms with Crippen molar-refractivity contribution >= 4 is 17.3 Å². The fourth-order valence-corrected chi connectivity index (χ4v) is 4.28. The Kier molecular flexibility index (Phi) is 3.59. The van der Waals surface area contributed by atoms with Crippen LogP contribution in [0.3, 0.4) is 0 Å². The summed E-state index contributed by atoms with van der Waals surface area (Å²) in [6, 6.07) is 24.0. The molecule has 0 bridgehead atoms. The van der Waals surface area contributed by atoms with Crippen LogP contribution in [-0.2, 0) is 6.42 Å². The molecule has 1 heterocycles. The van der Waals surface area contributed by atoms with Crippen molar-refractivity contribution in [3.63, 3.8) is 0 Å². The quantitative estimate of drug-likeness (QED) is 0.502. The van der Waals surface area contributed by atoms with E-state index in [1.165, 1.54) is 43.2 Å². The lowest BCUT2D eigenvalue weighted by Crippen LogP contribution is -1.90. The van der Waals surface area contributed by atoms with Gasteiger partial charge in [0.05, 0.1) is 0 Å². The second kappa shape index (κ2) is 5.75. The highest BCUT2D eigenvalue weighted by atomic mass is 32.2. The first kappa shape index (κ1) is 14.3. The van der Waals surface area contributed by atoms with E-state index in [4.69, 9.17) is 0 Å². The largest absolute Gasteiger partial charge is 0.0949 e. The molecule has 1 aliphatic rings. The van der Waals surface area contributed by atoms with Gasteiger partial charge >= 0.3 is 0 Å². The molecule has 0 saturated carbocycles. The fraction of sp³-hybridized carbons (Fsp3) is 0.0909. The van der Waals surface area contributed by atoms with E-state index >= 15 is 0 Å². The lowest BCUT2D eigenvalue weighted by Gasteiger charge is -2.09. The summed E-state index contributed by atoms with van der Waals surface area (Å²) in [6.07, 6.45) is 0.916. The normalized spacial score (nSPS) is 13.2. The van der Waals surface area contributed by atoms with Crippen LogP contribution in [0, 0.1) is 6.92 Å². The van der Waals surface area contributed by atoms with Crippen LogP contribution in [0.1, 0.15) is 16.7 Å². The number of aryl methyl sites for hydroxylation is 1. The average Bonchev–Trinajstić information content (AvgIpc) is 2.70. The molecule has 0 radical (unpaired) electrons. The molecule has 0 N–H and O–H groups in total. The third-order valence-electron chi connectivity index (χ3n) is 4.31. The molecule has 1 heteroatoms. The smallest absolute Gasteiger partial charge is 0.0200 e. The van der Waals surface area contributed by atoms with Gasteiger partial charge in [-0.1, -0.05) is 66.9 Å². The van der Waals surface area contributed by atoms with Crippen LogP contribution in [0.2, 0.25) is 0 Å². The number of rotatable bonds is 1. The van der Waals surface area contributed by atoms with Crippen molar-refractivity contribution in [3.8, 4) is 11.1 Å². The Balaban J connectivity index is 1.80. The van der Waals surface area contributed by atoms with E-state index in [9.17, 15) is 0 Å². The van der Waals surface area contributed by atoms with Gasteiger partial charge in [0.15, 0.2) is 0 Å². The van der Waals surface area contributed by atoms with E-state index in [1.807, 2.05) is 11.8 Å². The lowest BCUT2D eigenvalue weighted by atomic mass is 9.96. The molecular weight excluding hydrogens is 296 g/mol. The van der Waals surface area contributed by atoms with Crippen LogP contribution in [0.15, 0.2) is 83.1 Å². The molecule has 0 unspecified atom stereocenters.